The minimum atomic E-state index is 0.0626. The van der Waals surface area contributed by atoms with Crippen molar-refractivity contribution in [2.24, 2.45) is 0 Å². The number of ether oxygens (including phenoxy) is 2. The molecule has 1 N–H and O–H groups in total. The SMILES string of the molecule is CCOc1ccccc1O[C@@H]1CCCN(c2cncc(Nc3cccc(N4CCCC4)n3)n2)C1. The van der Waals surface area contributed by atoms with Crippen LogP contribution in [-0.4, -0.2) is 53.8 Å². The molecule has 0 bridgehead atoms. The van der Waals surface area contributed by atoms with E-state index >= 15 is 0 Å². The van der Waals surface area contributed by atoms with E-state index in [1.807, 2.05) is 49.5 Å². The largest absolute Gasteiger partial charge is 0.490 e. The van der Waals surface area contributed by atoms with Crippen LogP contribution in [0, 0.1) is 0 Å². The molecule has 0 saturated carbocycles. The Bertz CT molecular complexity index is 1090. The van der Waals surface area contributed by atoms with Crippen molar-refractivity contribution < 1.29 is 9.47 Å². The molecular formula is C26H32N6O2. The number of aromatic nitrogens is 3. The van der Waals surface area contributed by atoms with Crippen molar-refractivity contribution in [1.29, 1.82) is 0 Å². The monoisotopic (exact) mass is 460 g/mol. The van der Waals surface area contributed by atoms with Crippen LogP contribution in [0.2, 0.25) is 0 Å². The van der Waals surface area contributed by atoms with E-state index in [0.717, 1.165) is 68.0 Å². The Balaban J connectivity index is 1.25. The third-order valence-electron chi connectivity index (χ3n) is 6.19. The molecule has 2 aliphatic rings. The van der Waals surface area contributed by atoms with Gasteiger partial charge in [0.1, 0.15) is 23.6 Å². The van der Waals surface area contributed by atoms with Crippen LogP contribution in [0.15, 0.2) is 54.9 Å². The van der Waals surface area contributed by atoms with Gasteiger partial charge in [-0.1, -0.05) is 18.2 Å². The standard InChI is InChI=1S/C26H32N6O2/c1-2-33-21-10-3-4-11-22(21)34-20-9-8-16-32(19-20)26-18-27-17-24(30-26)28-23-12-7-13-25(29-23)31-14-5-6-15-31/h3-4,7,10-13,17-18,20H,2,5-6,8-9,14-16,19H2,1H3,(H,28,29,30)/t20-/m1/s1. The molecule has 34 heavy (non-hydrogen) atoms. The predicted molar refractivity (Wildman–Crippen MR) is 134 cm³/mol. The summed E-state index contributed by atoms with van der Waals surface area (Å²) in [5, 5.41) is 3.33. The van der Waals surface area contributed by atoms with Crippen molar-refractivity contribution in [3.05, 3.63) is 54.9 Å². The van der Waals surface area contributed by atoms with Crippen molar-refractivity contribution >= 4 is 23.3 Å². The maximum absolute atomic E-state index is 6.33. The van der Waals surface area contributed by atoms with Gasteiger partial charge in [0.05, 0.1) is 25.5 Å². The van der Waals surface area contributed by atoms with E-state index in [9.17, 15) is 0 Å². The summed E-state index contributed by atoms with van der Waals surface area (Å²) in [6.07, 6.45) is 8.10. The molecule has 2 aliphatic heterocycles. The Morgan fingerprint density at radius 2 is 1.65 bits per heavy atom. The zero-order valence-corrected chi connectivity index (χ0v) is 19.7. The second-order valence-corrected chi connectivity index (χ2v) is 8.67. The number of para-hydroxylation sites is 2. The van der Waals surface area contributed by atoms with Crippen molar-refractivity contribution in [3.8, 4) is 11.5 Å². The van der Waals surface area contributed by atoms with Crippen LogP contribution in [0.4, 0.5) is 23.3 Å². The summed E-state index contributed by atoms with van der Waals surface area (Å²) in [6, 6.07) is 13.9. The van der Waals surface area contributed by atoms with E-state index in [4.69, 9.17) is 19.4 Å². The summed E-state index contributed by atoms with van der Waals surface area (Å²) in [7, 11) is 0. The number of hydrogen-bond donors (Lipinski definition) is 1. The number of pyridine rings is 1. The maximum Gasteiger partial charge on any atom is 0.161 e. The number of hydrogen-bond acceptors (Lipinski definition) is 8. The summed E-state index contributed by atoms with van der Waals surface area (Å²) in [5.74, 6) is 4.90. The molecule has 2 fully saturated rings. The third kappa shape index (κ3) is 5.32. The third-order valence-corrected chi connectivity index (χ3v) is 6.19. The van der Waals surface area contributed by atoms with Gasteiger partial charge in [-0.2, -0.15) is 0 Å². The highest BCUT2D eigenvalue weighted by molar-refractivity contribution is 5.56. The molecule has 2 aromatic heterocycles. The van der Waals surface area contributed by atoms with E-state index in [0.29, 0.717) is 12.4 Å². The average Bonchev–Trinajstić information content (AvgIpc) is 3.41. The second kappa shape index (κ2) is 10.6. The fourth-order valence-electron chi connectivity index (χ4n) is 4.56. The molecule has 2 saturated heterocycles. The molecular weight excluding hydrogens is 428 g/mol. The first-order valence-corrected chi connectivity index (χ1v) is 12.2. The fraction of sp³-hybridized carbons (Fsp3) is 0.423. The molecule has 0 aliphatic carbocycles. The van der Waals surface area contributed by atoms with E-state index in [-0.39, 0.29) is 6.10 Å². The van der Waals surface area contributed by atoms with Gasteiger partial charge in [0, 0.05) is 19.6 Å². The van der Waals surface area contributed by atoms with Crippen LogP contribution in [0.25, 0.3) is 0 Å². The van der Waals surface area contributed by atoms with E-state index in [2.05, 4.69) is 26.2 Å². The Hall–Kier alpha value is -3.55. The first-order valence-electron chi connectivity index (χ1n) is 12.2. The molecule has 3 aromatic rings. The van der Waals surface area contributed by atoms with Gasteiger partial charge in [0.15, 0.2) is 17.3 Å². The number of benzene rings is 1. The molecule has 0 radical (unpaired) electrons. The fourth-order valence-corrected chi connectivity index (χ4v) is 4.56. The van der Waals surface area contributed by atoms with Crippen LogP contribution < -0.4 is 24.6 Å². The van der Waals surface area contributed by atoms with Crippen LogP contribution in [0.1, 0.15) is 32.6 Å². The summed E-state index contributed by atoms with van der Waals surface area (Å²) in [5.41, 5.74) is 0. The van der Waals surface area contributed by atoms with Gasteiger partial charge >= 0.3 is 0 Å². The van der Waals surface area contributed by atoms with Gasteiger partial charge in [0.2, 0.25) is 0 Å². The van der Waals surface area contributed by atoms with E-state index in [1.165, 1.54) is 12.8 Å². The first-order chi connectivity index (χ1) is 16.8. The number of rotatable bonds is 8. The molecule has 1 aromatic carbocycles. The van der Waals surface area contributed by atoms with E-state index < -0.39 is 0 Å². The summed E-state index contributed by atoms with van der Waals surface area (Å²) < 4.78 is 12.1. The number of nitrogens with one attached hydrogen (secondary N) is 1. The lowest BCUT2D eigenvalue weighted by molar-refractivity contribution is 0.170. The van der Waals surface area contributed by atoms with Crippen molar-refractivity contribution in [2.45, 2.75) is 38.7 Å². The lowest BCUT2D eigenvalue weighted by Crippen LogP contribution is -2.41. The van der Waals surface area contributed by atoms with Crippen LogP contribution in [0.5, 0.6) is 11.5 Å². The predicted octanol–water partition coefficient (Wildman–Crippen LogP) is 4.66. The number of anilines is 4. The summed E-state index contributed by atoms with van der Waals surface area (Å²) in [6.45, 7) is 6.41. The maximum atomic E-state index is 6.33. The highest BCUT2D eigenvalue weighted by atomic mass is 16.5. The zero-order valence-electron chi connectivity index (χ0n) is 19.7. The number of piperidine rings is 1. The smallest absolute Gasteiger partial charge is 0.161 e. The average molecular weight is 461 g/mol. The van der Waals surface area contributed by atoms with Crippen molar-refractivity contribution in [1.82, 2.24) is 15.0 Å². The van der Waals surface area contributed by atoms with Crippen LogP contribution >= 0.6 is 0 Å². The molecule has 5 rings (SSSR count). The topological polar surface area (TPSA) is 75.6 Å². The summed E-state index contributed by atoms with van der Waals surface area (Å²) >= 11 is 0. The lowest BCUT2D eigenvalue weighted by Gasteiger charge is -2.33. The molecule has 0 amide bonds. The minimum Gasteiger partial charge on any atom is -0.490 e. The molecule has 0 spiro atoms. The molecule has 8 heteroatoms. The van der Waals surface area contributed by atoms with Crippen LogP contribution in [-0.2, 0) is 0 Å². The normalized spacial score (nSPS) is 18.1. The molecule has 8 nitrogen and oxygen atoms in total. The Kier molecular flexibility index (Phi) is 6.93. The van der Waals surface area contributed by atoms with Gasteiger partial charge in [-0.3, -0.25) is 4.98 Å². The Morgan fingerprint density at radius 1 is 0.853 bits per heavy atom. The number of nitrogens with zero attached hydrogens (tertiary/aromatic N) is 5. The second-order valence-electron chi connectivity index (χ2n) is 8.67. The molecule has 178 valence electrons. The highest BCUT2D eigenvalue weighted by Gasteiger charge is 2.24. The van der Waals surface area contributed by atoms with Crippen LogP contribution in [0.3, 0.4) is 0 Å². The quantitative estimate of drug-likeness (QED) is 0.520. The molecule has 1 atom stereocenters. The molecule has 0 unspecified atom stereocenters. The van der Waals surface area contributed by atoms with Gasteiger partial charge < -0.3 is 24.6 Å². The lowest BCUT2D eigenvalue weighted by atomic mass is 10.1. The van der Waals surface area contributed by atoms with Gasteiger partial charge in [-0.05, 0) is 56.9 Å². The Morgan fingerprint density at radius 3 is 2.50 bits per heavy atom. The van der Waals surface area contributed by atoms with Gasteiger partial charge in [-0.15, -0.1) is 0 Å². The zero-order chi connectivity index (χ0) is 23.2. The summed E-state index contributed by atoms with van der Waals surface area (Å²) in [4.78, 5) is 18.6. The van der Waals surface area contributed by atoms with Crippen molar-refractivity contribution in [2.75, 3.05) is 47.9 Å². The highest BCUT2D eigenvalue weighted by Crippen LogP contribution is 2.30. The van der Waals surface area contributed by atoms with Gasteiger partial charge in [-0.25, -0.2) is 9.97 Å². The van der Waals surface area contributed by atoms with Gasteiger partial charge in [0.25, 0.3) is 0 Å². The van der Waals surface area contributed by atoms with E-state index in [1.54, 1.807) is 6.20 Å². The molecule has 4 heterocycles. The first kappa shape index (κ1) is 22.3. The Labute approximate surface area is 201 Å². The van der Waals surface area contributed by atoms with Crippen molar-refractivity contribution in [3.63, 3.8) is 0 Å². The minimum absolute atomic E-state index is 0.0626.